The number of nitrogens with two attached hydrogens (primary N) is 1. The summed E-state index contributed by atoms with van der Waals surface area (Å²) in [6.45, 7) is 4.67. The fourth-order valence-electron chi connectivity index (χ4n) is 2.31. The van der Waals surface area contributed by atoms with Crippen LogP contribution in [-0.4, -0.2) is 48.1 Å². The quantitative estimate of drug-likeness (QED) is 0.880. The number of piperazine rings is 1. The molecule has 112 valence electrons. The lowest BCUT2D eigenvalue weighted by atomic mass is 10.2. The van der Waals surface area contributed by atoms with Gasteiger partial charge in [-0.05, 0) is 18.6 Å². The highest BCUT2D eigenvalue weighted by atomic mass is 35.5. The predicted molar refractivity (Wildman–Crippen MR) is 82.4 cm³/mol. The zero-order chi connectivity index (χ0) is 13.8. The molecule has 5 nitrogen and oxygen atoms in total. The smallest absolute Gasteiger partial charge is 0.239 e. The molecule has 1 amide bonds. The maximum Gasteiger partial charge on any atom is 0.239 e. The third kappa shape index (κ3) is 3.55. The Hall–Kier alpha value is -1.46. The number of carbonyl (C=O) groups is 1. The van der Waals surface area contributed by atoms with Gasteiger partial charge in [-0.15, -0.1) is 12.4 Å². The van der Waals surface area contributed by atoms with Crippen molar-refractivity contribution in [2.45, 2.75) is 19.4 Å². The van der Waals surface area contributed by atoms with Gasteiger partial charge in [0.25, 0.3) is 0 Å². The largest absolute Gasteiger partial charge is 0.506 e. The number of phenolic OH excluding ortho intramolecular Hbond substituents is 1. The molecule has 1 atom stereocenters. The van der Waals surface area contributed by atoms with Crippen LogP contribution in [0.4, 0.5) is 5.69 Å². The number of benzene rings is 1. The van der Waals surface area contributed by atoms with E-state index >= 15 is 0 Å². The van der Waals surface area contributed by atoms with Crippen molar-refractivity contribution in [2.24, 2.45) is 5.73 Å². The lowest BCUT2D eigenvalue weighted by Gasteiger charge is -2.37. The average Bonchev–Trinajstić information content (AvgIpc) is 2.46. The fourth-order valence-corrected chi connectivity index (χ4v) is 2.31. The third-order valence-electron chi connectivity index (χ3n) is 3.57. The van der Waals surface area contributed by atoms with Crippen LogP contribution < -0.4 is 10.6 Å². The molecule has 6 heteroatoms. The number of rotatable bonds is 3. The zero-order valence-electron chi connectivity index (χ0n) is 11.7. The third-order valence-corrected chi connectivity index (χ3v) is 3.57. The van der Waals surface area contributed by atoms with E-state index in [1.807, 2.05) is 24.0 Å². The van der Waals surface area contributed by atoms with E-state index in [9.17, 15) is 9.90 Å². The van der Waals surface area contributed by atoms with Crippen LogP contribution in [0.2, 0.25) is 0 Å². The molecule has 1 aliphatic heterocycles. The SMILES string of the molecule is CC[C@H](N)C(=O)N1CCN(c2ccccc2O)CC1.Cl. The molecule has 1 fully saturated rings. The average molecular weight is 300 g/mol. The van der Waals surface area contributed by atoms with Crippen molar-refractivity contribution in [2.75, 3.05) is 31.1 Å². The normalized spacial score (nSPS) is 16.5. The van der Waals surface area contributed by atoms with Crippen LogP contribution in [0.1, 0.15) is 13.3 Å². The highest BCUT2D eigenvalue weighted by Crippen LogP contribution is 2.27. The second kappa shape index (κ2) is 7.36. The summed E-state index contributed by atoms with van der Waals surface area (Å²) >= 11 is 0. The summed E-state index contributed by atoms with van der Waals surface area (Å²) in [5, 5.41) is 9.82. The van der Waals surface area contributed by atoms with E-state index < -0.39 is 6.04 Å². The van der Waals surface area contributed by atoms with Crippen LogP contribution in [0.5, 0.6) is 5.75 Å². The van der Waals surface area contributed by atoms with Crippen molar-refractivity contribution >= 4 is 24.0 Å². The van der Waals surface area contributed by atoms with Crippen molar-refractivity contribution in [1.82, 2.24) is 4.90 Å². The first-order chi connectivity index (χ1) is 9.13. The molecule has 20 heavy (non-hydrogen) atoms. The molecule has 0 aromatic heterocycles. The van der Waals surface area contributed by atoms with Gasteiger partial charge in [0.2, 0.25) is 5.91 Å². The van der Waals surface area contributed by atoms with Crippen molar-refractivity contribution in [1.29, 1.82) is 0 Å². The lowest BCUT2D eigenvalue weighted by Crippen LogP contribution is -2.53. The summed E-state index contributed by atoms with van der Waals surface area (Å²) in [5.41, 5.74) is 6.60. The molecule has 1 heterocycles. The van der Waals surface area contributed by atoms with Gasteiger partial charge in [-0.1, -0.05) is 19.1 Å². The Morgan fingerprint density at radius 3 is 2.45 bits per heavy atom. The first kappa shape index (κ1) is 16.6. The van der Waals surface area contributed by atoms with E-state index in [1.54, 1.807) is 12.1 Å². The number of phenols is 1. The summed E-state index contributed by atoms with van der Waals surface area (Å²) in [4.78, 5) is 15.9. The van der Waals surface area contributed by atoms with E-state index in [0.717, 1.165) is 18.8 Å². The van der Waals surface area contributed by atoms with Crippen LogP contribution in [0.15, 0.2) is 24.3 Å². The molecule has 3 N–H and O–H groups in total. The van der Waals surface area contributed by atoms with E-state index in [4.69, 9.17) is 5.73 Å². The molecule has 1 aliphatic rings. The number of halogens is 1. The monoisotopic (exact) mass is 299 g/mol. The molecule has 0 saturated carbocycles. The Kier molecular flexibility index (Phi) is 6.10. The second-order valence-corrected chi connectivity index (χ2v) is 4.82. The van der Waals surface area contributed by atoms with Crippen LogP contribution in [0, 0.1) is 0 Å². The van der Waals surface area contributed by atoms with Crippen molar-refractivity contribution < 1.29 is 9.90 Å². The van der Waals surface area contributed by atoms with Gasteiger partial charge >= 0.3 is 0 Å². The molecule has 1 saturated heterocycles. The first-order valence-electron chi connectivity index (χ1n) is 6.70. The van der Waals surface area contributed by atoms with E-state index in [1.165, 1.54) is 0 Å². The number of aromatic hydroxyl groups is 1. The Balaban J connectivity index is 0.00000200. The van der Waals surface area contributed by atoms with Crippen molar-refractivity contribution in [3.8, 4) is 5.75 Å². The van der Waals surface area contributed by atoms with E-state index in [-0.39, 0.29) is 24.1 Å². The first-order valence-corrected chi connectivity index (χ1v) is 6.70. The van der Waals surface area contributed by atoms with Gasteiger partial charge in [0.05, 0.1) is 11.7 Å². The summed E-state index contributed by atoms with van der Waals surface area (Å²) < 4.78 is 0. The molecule has 1 aromatic carbocycles. The topological polar surface area (TPSA) is 69.8 Å². The minimum Gasteiger partial charge on any atom is -0.506 e. The van der Waals surface area contributed by atoms with Gasteiger partial charge in [0, 0.05) is 26.2 Å². The number of hydrogen-bond acceptors (Lipinski definition) is 4. The molecule has 0 bridgehead atoms. The number of para-hydroxylation sites is 2. The predicted octanol–water partition coefficient (Wildman–Crippen LogP) is 1.20. The Bertz CT molecular complexity index is 448. The second-order valence-electron chi connectivity index (χ2n) is 4.82. The van der Waals surface area contributed by atoms with Gasteiger partial charge in [-0.25, -0.2) is 0 Å². The number of carbonyl (C=O) groups excluding carboxylic acids is 1. The Labute approximate surface area is 125 Å². The summed E-state index contributed by atoms with van der Waals surface area (Å²) in [5.74, 6) is 0.312. The van der Waals surface area contributed by atoms with Gasteiger partial charge in [0.1, 0.15) is 5.75 Å². The minimum absolute atomic E-state index is 0. The van der Waals surface area contributed by atoms with Crippen LogP contribution in [0.25, 0.3) is 0 Å². The summed E-state index contributed by atoms with van der Waals surface area (Å²) in [6, 6.07) is 6.89. The molecular formula is C14H22ClN3O2. The standard InChI is InChI=1S/C14H21N3O2.ClH/c1-2-11(15)14(19)17-9-7-16(8-10-17)12-5-3-4-6-13(12)18;/h3-6,11,18H,2,7-10,15H2,1H3;1H/t11-;/m0./s1. The summed E-state index contributed by atoms with van der Waals surface area (Å²) in [6.07, 6.45) is 0.665. The van der Waals surface area contributed by atoms with Crippen LogP contribution in [0.3, 0.4) is 0 Å². The molecular weight excluding hydrogens is 278 g/mol. The number of hydrogen-bond donors (Lipinski definition) is 2. The number of nitrogens with zero attached hydrogens (tertiary/aromatic N) is 2. The Morgan fingerprint density at radius 1 is 1.30 bits per heavy atom. The molecule has 0 unspecified atom stereocenters. The van der Waals surface area contributed by atoms with E-state index in [0.29, 0.717) is 19.5 Å². The molecule has 2 rings (SSSR count). The van der Waals surface area contributed by atoms with Gasteiger partial charge in [0.15, 0.2) is 0 Å². The highest BCUT2D eigenvalue weighted by Gasteiger charge is 2.25. The molecule has 0 spiro atoms. The van der Waals surface area contributed by atoms with Crippen molar-refractivity contribution in [3.05, 3.63) is 24.3 Å². The number of amides is 1. The maximum absolute atomic E-state index is 12.0. The molecule has 0 radical (unpaired) electrons. The highest BCUT2D eigenvalue weighted by molar-refractivity contribution is 5.85. The van der Waals surface area contributed by atoms with Gasteiger partial charge in [-0.3, -0.25) is 4.79 Å². The van der Waals surface area contributed by atoms with E-state index in [2.05, 4.69) is 4.90 Å². The van der Waals surface area contributed by atoms with Crippen LogP contribution in [-0.2, 0) is 4.79 Å². The fraction of sp³-hybridized carbons (Fsp3) is 0.500. The minimum atomic E-state index is -0.392. The van der Waals surface area contributed by atoms with Gasteiger partial charge < -0.3 is 20.6 Å². The molecule has 0 aliphatic carbocycles. The maximum atomic E-state index is 12.0. The van der Waals surface area contributed by atoms with Crippen LogP contribution >= 0.6 is 12.4 Å². The lowest BCUT2D eigenvalue weighted by molar-refractivity contribution is -0.132. The number of anilines is 1. The van der Waals surface area contributed by atoms with Gasteiger partial charge in [-0.2, -0.15) is 0 Å². The van der Waals surface area contributed by atoms with Crippen molar-refractivity contribution in [3.63, 3.8) is 0 Å². The zero-order valence-corrected chi connectivity index (χ0v) is 12.5. The summed E-state index contributed by atoms with van der Waals surface area (Å²) in [7, 11) is 0. The molecule has 1 aromatic rings. The Morgan fingerprint density at radius 2 is 1.90 bits per heavy atom.